The molecule has 7 heteroatoms. The molecule has 1 heterocycles. The van der Waals surface area contributed by atoms with Gasteiger partial charge in [0.25, 0.3) is 5.91 Å². The monoisotopic (exact) mass is 432 g/mol. The molecule has 0 aliphatic rings. The molecular formula is C25H21FN2O4. The molecule has 1 N–H and O–H groups in total. The molecule has 1 aromatic heterocycles. The lowest BCUT2D eigenvalue weighted by Gasteiger charge is -2.14. The van der Waals surface area contributed by atoms with E-state index in [1.54, 1.807) is 30.3 Å². The van der Waals surface area contributed by atoms with Crippen LogP contribution in [0.5, 0.6) is 17.2 Å². The molecule has 0 atom stereocenters. The predicted octanol–water partition coefficient (Wildman–Crippen LogP) is 5.08. The maximum Gasteiger partial charge on any atom is 0.262 e. The summed E-state index contributed by atoms with van der Waals surface area (Å²) in [6, 6.07) is 20.6. The van der Waals surface area contributed by atoms with Crippen molar-refractivity contribution in [1.29, 1.82) is 0 Å². The van der Waals surface area contributed by atoms with Crippen molar-refractivity contribution in [3.8, 4) is 28.5 Å². The van der Waals surface area contributed by atoms with E-state index in [0.29, 0.717) is 39.5 Å². The average Bonchev–Trinajstić information content (AvgIpc) is 2.83. The number of carbonyl (C=O) groups excluding carboxylic acids is 1. The molecule has 1 amide bonds. The number of hydrogen-bond donors (Lipinski definition) is 1. The van der Waals surface area contributed by atoms with Gasteiger partial charge in [-0.2, -0.15) is 0 Å². The number of methoxy groups -OCH3 is 2. The average molecular weight is 432 g/mol. The lowest BCUT2D eigenvalue weighted by atomic mass is 10.1. The molecule has 162 valence electrons. The Bertz CT molecular complexity index is 1260. The number of anilines is 1. The summed E-state index contributed by atoms with van der Waals surface area (Å²) in [6.07, 6.45) is 0. The van der Waals surface area contributed by atoms with Crippen molar-refractivity contribution in [2.45, 2.75) is 0 Å². The summed E-state index contributed by atoms with van der Waals surface area (Å²) in [5.74, 6) is 0.606. The highest BCUT2D eigenvalue weighted by Crippen LogP contribution is 2.31. The SMILES string of the molecule is COc1ccc(OC)c(NC(=O)COc2cc(-c3ccccc3)nc3ccc(F)cc23)c1. The van der Waals surface area contributed by atoms with Crippen LogP contribution in [0, 0.1) is 5.82 Å². The van der Waals surface area contributed by atoms with Crippen molar-refractivity contribution < 1.29 is 23.4 Å². The molecular weight excluding hydrogens is 411 g/mol. The summed E-state index contributed by atoms with van der Waals surface area (Å²) in [7, 11) is 3.05. The van der Waals surface area contributed by atoms with E-state index in [9.17, 15) is 9.18 Å². The van der Waals surface area contributed by atoms with Crippen molar-refractivity contribution in [2.75, 3.05) is 26.1 Å². The van der Waals surface area contributed by atoms with Crippen molar-refractivity contribution in [3.05, 3.63) is 78.6 Å². The Morgan fingerprint density at radius 1 is 0.938 bits per heavy atom. The number of pyridine rings is 1. The van der Waals surface area contributed by atoms with Crippen LogP contribution in [-0.2, 0) is 4.79 Å². The summed E-state index contributed by atoms with van der Waals surface area (Å²) < 4.78 is 30.2. The fourth-order valence-electron chi connectivity index (χ4n) is 3.28. The van der Waals surface area contributed by atoms with E-state index in [4.69, 9.17) is 14.2 Å². The number of carbonyl (C=O) groups is 1. The van der Waals surface area contributed by atoms with Crippen molar-refractivity contribution in [2.24, 2.45) is 0 Å². The van der Waals surface area contributed by atoms with Crippen LogP contribution in [-0.4, -0.2) is 31.7 Å². The van der Waals surface area contributed by atoms with Crippen LogP contribution < -0.4 is 19.5 Å². The predicted molar refractivity (Wildman–Crippen MR) is 121 cm³/mol. The topological polar surface area (TPSA) is 69.7 Å². The molecule has 32 heavy (non-hydrogen) atoms. The second-order valence-electron chi connectivity index (χ2n) is 6.94. The third-order valence-electron chi connectivity index (χ3n) is 4.84. The number of amides is 1. The zero-order valence-corrected chi connectivity index (χ0v) is 17.6. The Kier molecular flexibility index (Phi) is 6.17. The maximum atomic E-state index is 13.9. The second kappa shape index (κ2) is 9.34. The van der Waals surface area contributed by atoms with E-state index in [1.807, 2.05) is 30.3 Å². The lowest BCUT2D eigenvalue weighted by Crippen LogP contribution is -2.20. The van der Waals surface area contributed by atoms with Crippen LogP contribution in [0.4, 0.5) is 10.1 Å². The molecule has 4 aromatic rings. The Hall–Kier alpha value is -4.13. The fourth-order valence-corrected chi connectivity index (χ4v) is 3.28. The van der Waals surface area contributed by atoms with Crippen molar-refractivity contribution in [1.82, 2.24) is 4.98 Å². The van der Waals surface area contributed by atoms with Crippen LogP contribution >= 0.6 is 0 Å². The first-order chi connectivity index (χ1) is 15.6. The molecule has 0 fully saturated rings. The van der Waals surface area contributed by atoms with Crippen molar-refractivity contribution >= 4 is 22.5 Å². The molecule has 0 saturated heterocycles. The van der Waals surface area contributed by atoms with Gasteiger partial charge < -0.3 is 19.5 Å². The first-order valence-electron chi connectivity index (χ1n) is 9.88. The molecule has 0 radical (unpaired) electrons. The first-order valence-corrected chi connectivity index (χ1v) is 9.88. The van der Waals surface area contributed by atoms with Gasteiger partial charge in [0.15, 0.2) is 6.61 Å². The van der Waals surface area contributed by atoms with Crippen LogP contribution in [0.25, 0.3) is 22.2 Å². The van der Waals surface area contributed by atoms with Gasteiger partial charge in [-0.15, -0.1) is 0 Å². The minimum Gasteiger partial charge on any atom is -0.497 e. The smallest absolute Gasteiger partial charge is 0.262 e. The standard InChI is InChI=1S/C25H21FN2O4/c1-30-18-9-11-23(31-2)22(13-18)28-25(29)15-32-24-14-21(16-6-4-3-5-7-16)27-20-10-8-17(26)12-19(20)24/h3-14H,15H2,1-2H3,(H,28,29). The van der Waals surface area contributed by atoms with Gasteiger partial charge in [-0.3, -0.25) is 4.79 Å². The van der Waals surface area contributed by atoms with Crippen LogP contribution in [0.1, 0.15) is 0 Å². The van der Waals surface area contributed by atoms with Gasteiger partial charge in [-0.1, -0.05) is 30.3 Å². The van der Waals surface area contributed by atoms with Gasteiger partial charge >= 0.3 is 0 Å². The number of nitrogens with zero attached hydrogens (tertiary/aromatic N) is 1. The normalized spacial score (nSPS) is 10.6. The Morgan fingerprint density at radius 3 is 2.50 bits per heavy atom. The maximum absolute atomic E-state index is 13.9. The minimum absolute atomic E-state index is 0.287. The van der Waals surface area contributed by atoms with Crippen molar-refractivity contribution in [3.63, 3.8) is 0 Å². The molecule has 0 spiro atoms. The quantitative estimate of drug-likeness (QED) is 0.441. The largest absolute Gasteiger partial charge is 0.497 e. The summed E-state index contributed by atoms with van der Waals surface area (Å²) >= 11 is 0. The lowest BCUT2D eigenvalue weighted by molar-refractivity contribution is -0.118. The first kappa shape index (κ1) is 21.1. The van der Waals surface area contributed by atoms with Gasteiger partial charge in [-0.25, -0.2) is 9.37 Å². The molecule has 3 aromatic carbocycles. The third-order valence-corrected chi connectivity index (χ3v) is 4.84. The highest BCUT2D eigenvalue weighted by atomic mass is 19.1. The Balaban J connectivity index is 1.60. The van der Waals surface area contributed by atoms with E-state index >= 15 is 0 Å². The molecule has 0 unspecified atom stereocenters. The van der Waals surface area contributed by atoms with Crippen LogP contribution in [0.15, 0.2) is 72.8 Å². The second-order valence-corrected chi connectivity index (χ2v) is 6.94. The highest BCUT2D eigenvalue weighted by Gasteiger charge is 2.13. The summed E-state index contributed by atoms with van der Waals surface area (Å²) in [5, 5.41) is 3.24. The van der Waals surface area contributed by atoms with E-state index in [2.05, 4.69) is 10.3 Å². The van der Waals surface area contributed by atoms with Gasteiger partial charge in [0.2, 0.25) is 0 Å². The molecule has 6 nitrogen and oxygen atoms in total. The van der Waals surface area contributed by atoms with Crippen LogP contribution in [0.2, 0.25) is 0 Å². The Morgan fingerprint density at radius 2 is 1.75 bits per heavy atom. The van der Waals surface area contributed by atoms with E-state index in [-0.39, 0.29) is 6.61 Å². The Labute approximate surface area is 184 Å². The number of benzene rings is 3. The highest BCUT2D eigenvalue weighted by molar-refractivity contribution is 5.94. The van der Waals surface area contributed by atoms with Gasteiger partial charge in [-0.05, 0) is 30.3 Å². The number of hydrogen-bond acceptors (Lipinski definition) is 5. The number of halogens is 1. The fraction of sp³-hybridized carbons (Fsp3) is 0.120. The van der Waals surface area contributed by atoms with Gasteiger partial charge in [0.1, 0.15) is 23.1 Å². The number of aromatic nitrogens is 1. The third kappa shape index (κ3) is 4.62. The molecule has 0 aliphatic heterocycles. The molecule has 4 rings (SSSR count). The summed E-state index contributed by atoms with van der Waals surface area (Å²) in [5.41, 5.74) is 2.57. The number of rotatable bonds is 7. The van der Waals surface area contributed by atoms with Crippen LogP contribution in [0.3, 0.4) is 0 Å². The van der Waals surface area contributed by atoms with E-state index in [1.165, 1.54) is 26.4 Å². The van der Waals surface area contributed by atoms with Gasteiger partial charge in [0.05, 0.1) is 31.1 Å². The molecule has 0 saturated carbocycles. The number of ether oxygens (including phenoxy) is 3. The number of fused-ring (bicyclic) bond motifs is 1. The summed E-state index contributed by atoms with van der Waals surface area (Å²) in [4.78, 5) is 17.2. The van der Waals surface area contributed by atoms with E-state index < -0.39 is 11.7 Å². The van der Waals surface area contributed by atoms with Gasteiger partial charge in [0, 0.05) is 23.1 Å². The zero-order valence-electron chi connectivity index (χ0n) is 17.6. The number of nitrogens with one attached hydrogen (secondary N) is 1. The zero-order chi connectivity index (χ0) is 22.5. The molecule has 0 bridgehead atoms. The minimum atomic E-state index is -0.415. The summed E-state index contributed by atoms with van der Waals surface area (Å²) in [6.45, 7) is -0.287. The molecule has 0 aliphatic carbocycles. The van der Waals surface area contributed by atoms with E-state index in [0.717, 1.165) is 5.56 Å².